The Kier molecular flexibility index (Phi) is 4.32. The van der Waals surface area contributed by atoms with E-state index in [1.54, 1.807) is 12.1 Å². The Balaban J connectivity index is 2.43. The van der Waals surface area contributed by atoms with Crippen molar-refractivity contribution in [1.29, 1.82) is 0 Å². The Morgan fingerprint density at radius 2 is 2.07 bits per heavy atom. The van der Waals surface area contributed by atoms with Crippen molar-refractivity contribution < 1.29 is 9.18 Å². The zero-order valence-corrected chi connectivity index (χ0v) is 7.61. The van der Waals surface area contributed by atoms with Crippen LogP contribution in [0.15, 0.2) is 35.3 Å². The molecule has 0 fully saturated rings. The molecule has 0 saturated heterocycles. The average Bonchev–Trinajstić information content (AvgIpc) is 2.21. The number of hydrogen-bond donors (Lipinski definition) is 0. The van der Waals surface area contributed by atoms with Gasteiger partial charge in [0.15, 0.2) is 0 Å². The second kappa shape index (κ2) is 5.84. The maximum absolute atomic E-state index is 12.5. The average molecular weight is 191 g/mol. The minimum atomic E-state index is -0.243. The van der Waals surface area contributed by atoms with Gasteiger partial charge in [-0.3, -0.25) is 0 Å². The van der Waals surface area contributed by atoms with Gasteiger partial charge < -0.3 is 0 Å². The van der Waals surface area contributed by atoms with Gasteiger partial charge in [0.1, 0.15) is 5.82 Å². The van der Waals surface area contributed by atoms with Crippen LogP contribution in [0.3, 0.4) is 0 Å². The molecule has 2 nitrogen and oxygen atoms in total. The van der Waals surface area contributed by atoms with E-state index in [2.05, 4.69) is 4.99 Å². The van der Waals surface area contributed by atoms with E-state index in [1.807, 2.05) is 12.2 Å². The fourth-order valence-electron chi connectivity index (χ4n) is 0.978. The fourth-order valence-corrected chi connectivity index (χ4v) is 0.978. The molecule has 72 valence electrons. The summed E-state index contributed by atoms with van der Waals surface area (Å²) >= 11 is 0. The first kappa shape index (κ1) is 10.4. The Bertz CT molecular complexity index is 350. The minimum absolute atomic E-state index is 0.243. The lowest BCUT2D eigenvalue weighted by Crippen LogP contribution is -1.76. The first-order valence-electron chi connectivity index (χ1n) is 4.28. The van der Waals surface area contributed by atoms with E-state index in [9.17, 15) is 9.18 Å². The highest BCUT2D eigenvalue weighted by atomic mass is 19.1. The lowest BCUT2D eigenvalue weighted by Gasteiger charge is -1.91. The van der Waals surface area contributed by atoms with Gasteiger partial charge in [0.25, 0.3) is 0 Å². The summed E-state index contributed by atoms with van der Waals surface area (Å²) in [6.45, 7) is 0.446. The van der Waals surface area contributed by atoms with Crippen molar-refractivity contribution in [3.8, 4) is 0 Å². The van der Waals surface area contributed by atoms with Crippen LogP contribution in [-0.4, -0.2) is 12.6 Å². The molecule has 0 N–H and O–H groups in total. The third kappa shape index (κ3) is 3.78. The van der Waals surface area contributed by atoms with E-state index < -0.39 is 0 Å². The summed E-state index contributed by atoms with van der Waals surface area (Å²) in [6, 6.07) is 6.19. The fraction of sp³-hybridized carbons (Fsp3) is 0.182. The van der Waals surface area contributed by atoms with Crippen LogP contribution >= 0.6 is 0 Å². The molecule has 0 atom stereocenters. The highest BCUT2D eigenvalue weighted by Crippen LogP contribution is 2.04. The molecule has 0 aliphatic heterocycles. The van der Waals surface area contributed by atoms with Crippen molar-refractivity contribution in [2.75, 3.05) is 6.54 Å². The van der Waals surface area contributed by atoms with Crippen molar-refractivity contribution in [2.45, 2.75) is 6.42 Å². The van der Waals surface area contributed by atoms with Crippen LogP contribution in [0, 0.1) is 5.82 Å². The van der Waals surface area contributed by atoms with E-state index in [-0.39, 0.29) is 5.82 Å². The zero-order valence-electron chi connectivity index (χ0n) is 7.61. The number of nitrogens with zero attached hydrogens (tertiary/aromatic N) is 1. The number of benzene rings is 1. The largest absolute Gasteiger partial charge is 0.234 e. The topological polar surface area (TPSA) is 29.4 Å². The predicted molar refractivity (Wildman–Crippen MR) is 53.0 cm³/mol. The number of carbonyl (C=O) groups excluding carboxylic acids is 1. The van der Waals surface area contributed by atoms with E-state index in [1.165, 1.54) is 18.2 Å². The molecule has 0 heterocycles. The zero-order chi connectivity index (χ0) is 10.2. The Morgan fingerprint density at radius 1 is 1.36 bits per heavy atom. The molecule has 0 bridgehead atoms. The molecule has 14 heavy (non-hydrogen) atoms. The van der Waals surface area contributed by atoms with Crippen LogP contribution in [0.5, 0.6) is 0 Å². The lowest BCUT2D eigenvalue weighted by molar-refractivity contribution is 0.563. The van der Waals surface area contributed by atoms with E-state index in [4.69, 9.17) is 0 Å². The molecule has 0 aromatic heterocycles. The van der Waals surface area contributed by atoms with Crippen molar-refractivity contribution in [3.63, 3.8) is 0 Å². The molecule has 1 rings (SSSR count). The highest BCUT2D eigenvalue weighted by molar-refractivity contribution is 5.48. The maximum Gasteiger partial charge on any atom is 0.234 e. The number of hydrogen-bond acceptors (Lipinski definition) is 2. The quantitative estimate of drug-likeness (QED) is 0.408. The molecule has 0 saturated carbocycles. The second-order valence-corrected chi connectivity index (χ2v) is 2.72. The molecular formula is C11H10FNO. The molecule has 0 radical (unpaired) electrons. The Hall–Kier alpha value is -1.73. The molecule has 1 aromatic carbocycles. The van der Waals surface area contributed by atoms with Gasteiger partial charge in [-0.2, -0.15) is 0 Å². The third-order valence-corrected chi connectivity index (χ3v) is 1.65. The molecule has 0 amide bonds. The van der Waals surface area contributed by atoms with Gasteiger partial charge in [0.05, 0.1) is 6.54 Å². The summed E-state index contributed by atoms with van der Waals surface area (Å²) in [6.07, 6.45) is 5.90. The minimum Gasteiger partial charge on any atom is -0.211 e. The number of isocyanates is 1. The van der Waals surface area contributed by atoms with Crippen LogP contribution in [0.4, 0.5) is 4.39 Å². The summed E-state index contributed by atoms with van der Waals surface area (Å²) in [7, 11) is 0. The van der Waals surface area contributed by atoms with E-state index in [0.29, 0.717) is 13.0 Å². The van der Waals surface area contributed by atoms with Crippen molar-refractivity contribution in [2.24, 2.45) is 4.99 Å². The van der Waals surface area contributed by atoms with Gasteiger partial charge in [0.2, 0.25) is 6.08 Å². The van der Waals surface area contributed by atoms with Crippen LogP contribution < -0.4 is 0 Å². The van der Waals surface area contributed by atoms with Gasteiger partial charge >= 0.3 is 0 Å². The summed E-state index contributed by atoms with van der Waals surface area (Å²) in [5, 5.41) is 0. The van der Waals surface area contributed by atoms with Crippen LogP contribution in [0.25, 0.3) is 6.08 Å². The lowest BCUT2D eigenvalue weighted by atomic mass is 10.2. The number of aliphatic imine (C=N–C) groups is 1. The molecule has 3 heteroatoms. The van der Waals surface area contributed by atoms with Gasteiger partial charge in [-0.1, -0.05) is 24.3 Å². The van der Waals surface area contributed by atoms with Gasteiger partial charge in [-0.15, -0.1) is 0 Å². The highest BCUT2D eigenvalue weighted by Gasteiger charge is 1.87. The summed E-state index contributed by atoms with van der Waals surface area (Å²) in [5.74, 6) is -0.243. The van der Waals surface area contributed by atoms with Crippen molar-refractivity contribution in [3.05, 3.63) is 41.7 Å². The Morgan fingerprint density at radius 3 is 2.71 bits per heavy atom. The normalized spacial score (nSPS) is 10.1. The standard InChI is InChI=1S/C11H10FNO/c12-11-6-4-10(5-7-11)3-1-2-8-13-9-14/h1,3-7H,2,8H2/b3-1+. The predicted octanol–water partition coefficient (Wildman–Crippen LogP) is 2.56. The van der Waals surface area contributed by atoms with Gasteiger partial charge in [-0.25, -0.2) is 14.2 Å². The van der Waals surface area contributed by atoms with Gasteiger partial charge in [0, 0.05) is 0 Å². The maximum atomic E-state index is 12.5. The van der Waals surface area contributed by atoms with E-state index in [0.717, 1.165) is 5.56 Å². The summed E-state index contributed by atoms with van der Waals surface area (Å²) < 4.78 is 12.5. The SMILES string of the molecule is O=C=NCC/C=C/c1ccc(F)cc1. The third-order valence-electron chi connectivity index (χ3n) is 1.65. The Labute approximate surface area is 81.8 Å². The first-order valence-corrected chi connectivity index (χ1v) is 4.28. The van der Waals surface area contributed by atoms with Crippen molar-refractivity contribution in [1.82, 2.24) is 0 Å². The molecule has 0 aliphatic carbocycles. The van der Waals surface area contributed by atoms with Crippen LogP contribution in [0.2, 0.25) is 0 Å². The van der Waals surface area contributed by atoms with Gasteiger partial charge in [-0.05, 0) is 24.1 Å². The first-order chi connectivity index (χ1) is 6.83. The van der Waals surface area contributed by atoms with Crippen molar-refractivity contribution >= 4 is 12.2 Å². The molecule has 0 unspecified atom stereocenters. The van der Waals surface area contributed by atoms with E-state index >= 15 is 0 Å². The summed E-state index contributed by atoms with van der Waals surface area (Å²) in [4.78, 5) is 13.1. The van der Waals surface area contributed by atoms with Crippen LogP contribution in [-0.2, 0) is 4.79 Å². The smallest absolute Gasteiger partial charge is 0.211 e. The molecule has 0 spiro atoms. The molecule has 1 aromatic rings. The second-order valence-electron chi connectivity index (χ2n) is 2.72. The number of halogens is 1. The summed E-state index contributed by atoms with van der Waals surface area (Å²) in [5.41, 5.74) is 0.932. The molecular weight excluding hydrogens is 181 g/mol. The molecule has 0 aliphatic rings. The monoisotopic (exact) mass is 191 g/mol. The van der Waals surface area contributed by atoms with Crippen LogP contribution in [0.1, 0.15) is 12.0 Å². The number of rotatable bonds is 4.